The van der Waals surface area contributed by atoms with Crippen LogP contribution in [0.25, 0.3) is 0 Å². The molecule has 0 saturated carbocycles. The lowest BCUT2D eigenvalue weighted by molar-refractivity contribution is 0.0920. The Hall–Kier alpha value is -2.09. The Morgan fingerprint density at radius 1 is 0.857 bits per heavy atom. The molecule has 0 fully saturated rings. The zero-order valence-corrected chi connectivity index (χ0v) is 13.4. The van der Waals surface area contributed by atoms with E-state index >= 15 is 0 Å². The van der Waals surface area contributed by atoms with Crippen LogP contribution in [0.15, 0.2) is 30.3 Å². The van der Waals surface area contributed by atoms with E-state index < -0.39 is 0 Å². The van der Waals surface area contributed by atoms with Crippen LogP contribution < -0.4 is 4.74 Å². The van der Waals surface area contributed by atoms with Crippen molar-refractivity contribution in [3.63, 3.8) is 0 Å². The van der Waals surface area contributed by atoms with Gasteiger partial charge in [0.25, 0.3) is 0 Å². The molecule has 0 amide bonds. The highest BCUT2D eigenvalue weighted by Crippen LogP contribution is 2.19. The molecule has 21 heavy (non-hydrogen) atoms. The number of ether oxygens (including phenoxy) is 1. The molecule has 0 radical (unpaired) electrons. The highest BCUT2D eigenvalue weighted by molar-refractivity contribution is 6.00. The lowest BCUT2D eigenvalue weighted by Gasteiger charge is -2.12. The Balaban J connectivity index is 2.13. The number of hydrogen-bond donors (Lipinski definition) is 0. The van der Waals surface area contributed by atoms with Gasteiger partial charge in [0.1, 0.15) is 5.75 Å². The second-order valence-corrected chi connectivity index (χ2v) is 5.73. The van der Waals surface area contributed by atoms with Crippen LogP contribution in [0, 0.1) is 34.6 Å². The van der Waals surface area contributed by atoms with Crippen molar-refractivity contribution in [2.45, 2.75) is 34.6 Å². The fraction of sp³-hybridized carbons (Fsp3) is 0.316. The van der Waals surface area contributed by atoms with Gasteiger partial charge in [-0.25, -0.2) is 0 Å². The summed E-state index contributed by atoms with van der Waals surface area (Å²) in [5.41, 5.74) is 6.38. The Labute approximate surface area is 126 Å². The maximum absolute atomic E-state index is 12.4. The fourth-order valence-corrected chi connectivity index (χ4v) is 2.64. The highest BCUT2D eigenvalue weighted by Gasteiger charge is 2.13. The summed E-state index contributed by atoms with van der Waals surface area (Å²) in [6, 6.07) is 9.96. The number of aryl methyl sites for hydroxylation is 5. The molecule has 0 heterocycles. The van der Waals surface area contributed by atoms with E-state index in [0.717, 1.165) is 22.4 Å². The molecule has 0 aliphatic rings. The monoisotopic (exact) mass is 282 g/mol. The lowest BCUT2D eigenvalue weighted by Crippen LogP contribution is -2.14. The number of carbonyl (C=O) groups is 1. The van der Waals surface area contributed by atoms with Crippen LogP contribution in [0.1, 0.15) is 38.2 Å². The Bertz CT molecular complexity index is 661. The zero-order valence-electron chi connectivity index (χ0n) is 13.4. The molecule has 2 heteroatoms. The average molecular weight is 282 g/mol. The average Bonchev–Trinajstić information content (AvgIpc) is 2.39. The van der Waals surface area contributed by atoms with Crippen LogP contribution >= 0.6 is 0 Å². The first-order chi connectivity index (χ1) is 9.88. The van der Waals surface area contributed by atoms with Gasteiger partial charge in [-0.05, 0) is 69.0 Å². The summed E-state index contributed by atoms with van der Waals surface area (Å²) < 4.78 is 5.65. The summed E-state index contributed by atoms with van der Waals surface area (Å²) in [6.45, 7) is 10.2. The minimum Gasteiger partial charge on any atom is -0.485 e. The molecule has 0 N–H and O–H groups in total. The summed E-state index contributed by atoms with van der Waals surface area (Å²) in [5, 5.41) is 0. The number of ketones is 1. The van der Waals surface area contributed by atoms with Gasteiger partial charge in [0, 0.05) is 5.56 Å². The molecule has 0 atom stereocenters. The van der Waals surface area contributed by atoms with E-state index in [9.17, 15) is 4.79 Å². The second-order valence-electron chi connectivity index (χ2n) is 5.73. The van der Waals surface area contributed by atoms with Crippen LogP contribution in [0.5, 0.6) is 5.75 Å². The topological polar surface area (TPSA) is 26.3 Å². The summed E-state index contributed by atoms with van der Waals surface area (Å²) >= 11 is 0. The van der Waals surface area contributed by atoms with Gasteiger partial charge in [-0.3, -0.25) is 4.79 Å². The molecule has 0 bridgehead atoms. The Morgan fingerprint density at radius 3 is 2.05 bits per heavy atom. The molecule has 2 aromatic rings. The SMILES string of the molecule is Cc1cc(C)c(C(=O)COc2ccc(C)c(C)c2)c(C)c1. The van der Waals surface area contributed by atoms with Crippen molar-refractivity contribution in [1.82, 2.24) is 0 Å². The van der Waals surface area contributed by atoms with Crippen LogP contribution in [-0.2, 0) is 0 Å². The standard InChI is InChI=1S/C19H22O2/c1-12-8-15(4)19(16(5)9-12)18(20)11-21-17-7-6-13(2)14(3)10-17/h6-10H,11H2,1-5H3. The smallest absolute Gasteiger partial charge is 0.200 e. The minimum absolute atomic E-state index is 0.0308. The molecule has 0 aromatic heterocycles. The maximum Gasteiger partial charge on any atom is 0.200 e. The molecule has 0 unspecified atom stereocenters. The highest BCUT2D eigenvalue weighted by atomic mass is 16.5. The van der Waals surface area contributed by atoms with Crippen LogP contribution in [0.4, 0.5) is 0 Å². The van der Waals surface area contributed by atoms with Crippen molar-refractivity contribution in [1.29, 1.82) is 0 Å². The first-order valence-corrected chi connectivity index (χ1v) is 7.19. The number of Topliss-reactive ketones (excluding diaryl/α,β-unsaturated/α-hetero) is 1. The zero-order chi connectivity index (χ0) is 15.6. The van der Waals surface area contributed by atoms with Gasteiger partial charge < -0.3 is 4.74 Å². The molecule has 110 valence electrons. The predicted octanol–water partition coefficient (Wildman–Crippen LogP) is 4.49. The van der Waals surface area contributed by atoms with Crippen molar-refractivity contribution in [2.75, 3.05) is 6.61 Å². The van der Waals surface area contributed by atoms with E-state index in [1.54, 1.807) is 0 Å². The van der Waals surface area contributed by atoms with E-state index in [4.69, 9.17) is 4.74 Å². The van der Waals surface area contributed by atoms with Gasteiger partial charge in [0.05, 0.1) is 0 Å². The minimum atomic E-state index is 0.0308. The van der Waals surface area contributed by atoms with Crippen LogP contribution in [0.3, 0.4) is 0 Å². The molecule has 2 nitrogen and oxygen atoms in total. The van der Waals surface area contributed by atoms with Gasteiger partial charge in [0.2, 0.25) is 5.78 Å². The van der Waals surface area contributed by atoms with Gasteiger partial charge in [-0.2, -0.15) is 0 Å². The number of rotatable bonds is 4. The third-order valence-electron chi connectivity index (χ3n) is 3.80. The summed E-state index contributed by atoms with van der Waals surface area (Å²) in [6.07, 6.45) is 0. The maximum atomic E-state index is 12.4. The van der Waals surface area contributed by atoms with Gasteiger partial charge in [0.15, 0.2) is 6.61 Å². The van der Waals surface area contributed by atoms with Gasteiger partial charge in [-0.15, -0.1) is 0 Å². The largest absolute Gasteiger partial charge is 0.485 e. The Morgan fingerprint density at radius 2 is 1.48 bits per heavy atom. The number of benzene rings is 2. The molecule has 2 rings (SSSR count). The second kappa shape index (κ2) is 6.13. The van der Waals surface area contributed by atoms with E-state index in [2.05, 4.69) is 6.92 Å². The third-order valence-corrected chi connectivity index (χ3v) is 3.80. The van der Waals surface area contributed by atoms with Crippen molar-refractivity contribution >= 4 is 5.78 Å². The van der Waals surface area contributed by atoms with E-state index in [-0.39, 0.29) is 12.4 Å². The van der Waals surface area contributed by atoms with Crippen molar-refractivity contribution in [3.05, 3.63) is 63.7 Å². The summed E-state index contributed by atoms with van der Waals surface area (Å²) in [5.74, 6) is 0.775. The van der Waals surface area contributed by atoms with E-state index in [1.165, 1.54) is 16.7 Å². The van der Waals surface area contributed by atoms with E-state index in [0.29, 0.717) is 0 Å². The fourth-order valence-electron chi connectivity index (χ4n) is 2.64. The molecule has 0 saturated heterocycles. The molecule has 2 aromatic carbocycles. The number of hydrogen-bond acceptors (Lipinski definition) is 2. The van der Waals surface area contributed by atoms with Crippen LogP contribution in [-0.4, -0.2) is 12.4 Å². The first-order valence-electron chi connectivity index (χ1n) is 7.19. The Kier molecular flexibility index (Phi) is 4.46. The van der Waals surface area contributed by atoms with Gasteiger partial charge in [-0.1, -0.05) is 23.8 Å². The quantitative estimate of drug-likeness (QED) is 0.772. The summed E-state index contributed by atoms with van der Waals surface area (Å²) in [4.78, 5) is 12.4. The molecular formula is C19H22O2. The summed E-state index contributed by atoms with van der Waals surface area (Å²) in [7, 11) is 0. The predicted molar refractivity (Wildman–Crippen MR) is 86.4 cm³/mol. The molecule has 0 aliphatic carbocycles. The van der Waals surface area contributed by atoms with Gasteiger partial charge >= 0.3 is 0 Å². The first kappa shape index (κ1) is 15.3. The van der Waals surface area contributed by atoms with Crippen molar-refractivity contribution in [3.8, 4) is 5.75 Å². The molecular weight excluding hydrogens is 260 g/mol. The molecule has 0 spiro atoms. The number of carbonyl (C=O) groups excluding carboxylic acids is 1. The van der Waals surface area contributed by atoms with Crippen molar-refractivity contribution < 1.29 is 9.53 Å². The van der Waals surface area contributed by atoms with Crippen molar-refractivity contribution in [2.24, 2.45) is 0 Å². The molecule has 0 aliphatic heterocycles. The van der Waals surface area contributed by atoms with E-state index in [1.807, 2.05) is 58.0 Å². The van der Waals surface area contributed by atoms with Crippen LogP contribution in [0.2, 0.25) is 0 Å². The lowest BCUT2D eigenvalue weighted by atomic mass is 9.97. The normalized spacial score (nSPS) is 10.5. The third kappa shape index (κ3) is 3.52.